The molecular weight excluding hydrogens is 742 g/mol. The van der Waals surface area contributed by atoms with Gasteiger partial charge in [-0.05, 0) is 72.4 Å². The summed E-state index contributed by atoms with van der Waals surface area (Å²) in [5.41, 5.74) is 5.69. The van der Waals surface area contributed by atoms with Gasteiger partial charge >= 0.3 is 7.75 Å². The molecule has 1 aliphatic rings. The van der Waals surface area contributed by atoms with Crippen LogP contribution in [0.4, 0.5) is 0 Å². The fourth-order valence-corrected chi connectivity index (χ4v) is 8.85. The fraction of sp³-hybridized carbons (Fsp3) is 0.359. The van der Waals surface area contributed by atoms with Crippen molar-refractivity contribution in [2.24, 2.45) is 11.7 Å². The van der Waals surface area contributed by atoms with Gasteiger partial charge in [-0.15, -0.1) is 0 Å². The van der Waals surface area contributed by atoms with Crippen molar-refractivity contribution in [3.8, 4) is 11.5 Å². The first kappa shape index (κ1) is 41.2. The highest BCUT2D eigenvalue weighted by Gasteiger charge is 2.33. The number of nitrogens with two attached hydrogens (primary N) is 1. The summed E-state index contributed by atoms with van der Waals surface area (Å²) in [4.78, 5) is 31.0. The van der Waals surface area contributed by atoms with E-state index in [0.717, 1.165) is 24.6 Å². The summed E-state index contributed by atoms with van der Waals surface area (Å²) in [6.45, 7) is 3.62. The lowest BCUT2D eigenvalue weighted by Gasteiger charge is -2.33. The van der Waals surface area contributed by atoms with Gasteiger partial charge in [0.25, 0.3) is 0 Å². The van der Waals surface area contributed by atoms with Crippen molar-refractivity contribution in [3.63, 3.8) is 0 Å². The Morgan fingerprint density at radius 1 is 0.945 bits per heavy atom. The molecule has 1 saturated heterocycles. The van der Waals surface area contributed by atoms with E-state index in [1.807, 2.05) is 19.1 Å². The third-order valence-electron chi connectivity index (χ3n) is 9.18. The van der Waals surface area contributed by atoms with E-state index < -0.39 is 42.0 Å². The number of carbonyl (C=O) groups excluding carboxylic acids is 2. The predicted molar refractivity (Wildman–Crippen MR) is 213 cm³/mol. The lowest BCUT2D eigenvalue weighted by atomic mass is 9.98. The highest BCUT2D eigenvalue weighted by molar-refractivity contribution is 7.89. The van der Waals surface area contributed by atoms with E-state index in [1.165, 1.54) is 17.0 Å². The highest BCUT2D eigenvalue weighted by atomic mass is 32.2. The number of rotatable bonds is 19. The van der Waals surface area contributed by atoms with Crippen LogP contribution in [0.25, 0.3) is 10.8 Å². The minimum absolute atomic E-state index is 0.00208. The second-order valence-corrected chi connectivity index (χ2v) is 16.8. The van der Waals surface area contributed by atoms with E-state index in [1.54, 1.807) is 83.8 Å². The van der Waals surface area contributed by atoms with E-state index in [9.17, 15) is 22.6 Å². The average molecular weight is 792 g/mol. The number of carbonyl (C=O) groups is 2. The molecule has 14 nitrogen and oxygen atoms in total. The molecule has 2 amide bonds. The van der Waals surface area contributed by atoms with Gasteiger partial charge in [0.1, 0.15) is 17.5 Å². The molecule has 294 valence electrons. The number of guanidine groups is 1. The minimum atomic E-state index is -4.28. The van der Waals surface area contributed by atoms with Crippen LogP contribution in [0.5, 0.6) is 11.5 Å². The Hall–Kier alpha value is -4.95. The Kier molecular flexibility index (Phi) is 14.7. The van der Waals surface area contributed by atoms with Gasteiger partial charge in [-0.25, -0.2) is 13.0 Å². The highest BCUT2D eigenvalue weighted by Crippen LogP contribution is 2.44. The predicted octanol–water partition coefficient (Wildman–Crippen LogP) is 5.08. The summed E-state index contributed by atoms with van der Waals surface area (Å²) in [7, 11) is -8.32. The molecule has 1 heterocycles. The lowest BCUT2D eigenvalue weighted by Crippen LogP contribution is -2.52. The number of piperidine rings is 1. The number of hydrogen-bond acceptors (Lipinski definition) is 8. The average Bonchev–Trinajstić information content (AvgIpc) is 3.18. The second-order valence-electron chi connectivity index (χ2n) is 13.4. The van der Waals surface area contributed by atoms with Gasteiger partial charge in [0.15, 0.2) is 5.96 Å². The smallest absolute Gasteiger partial charge is 0.405 e. The number of para-hydroxylation sites is 2. The van der Waals surface area contributed by atoms with Crippen LogP contribution in [-0.2, 0) is 24.2 Å². The van der Waals surface area contributed by atoms with Gasteiger partial charge in [-0.1, -0.05) is 80.1 Å². The van der Waals surface area contributed by atoms with Crippen molar-refractivity contribution in [2.75, 3.05) is 39.3 Å². The maximum Gasteiger partial charge on any atom is 0.512 e. The molecule has 5 rings (SSSR count). The summed E-state index contributed by atoms with van der Waals surface area (Å²) >= 11 is 0. The summed E-state index contributed by atoms with van der Waals surface area (Å²) in [5.74, 6) is -0.498. The summed E-state index contributed by atoms with van der Waals surface area (Å²) < 4.78 is 56.0. The van der Waals surface area contributed by atoms with Crippen LogP contribution in [0.15, 0.2) is 108 Å². The van der Waals surface area contributed by atoms with Crippen molar-refractivity contribution < 1.29 is 31.6 Å². The monoisotopic (exact) mass is 791 g/mol. The molecule has 0 bridgehead atoms. The van der Waals surface area contributed by atoms with Crippen molar-refractivity contribution in [1.29, 1.82) is 5.41 Å². The number of fused-ring (bicyclic) bond motifs is 1. The molecular formula is C39H50N7O7PS. The Bertz CT molecular complexity index is 2010. The first-order chi connectivity index (χ1) is 26.4. The van der Waals surface area contributed by atoms with Gasteiger partial charge in [-0.3, -0.25) is 15.0 Å². The number of hydrogen-bond donors (Lipinski definition) is 5. The number of likely N-dealkylation sites (tertiary alicyclic amines) is 1. The molecule has 0 saturated carbocycles. The van der Waals surface area contributed by atoms with Gasteiger partial charge in [0.05, 0.1) is 11.3 Å². The van der Waals surface area contributed by atoms with Crippen molar-refractivity contribution in [1.82, 2.24) is 24.9 Å². The van der Waals surface area contributed by atoms with Crippen molar-refractivity contribution in [2.45, 2.75) is 50.0 Å². The number of benzene rings is 4. The molecule has 4 aromatic rings. The van der Waals surface area contributed by atoms with Crippen LogP contribution in [0, 0.1) is 11.3 Å². The van der Waals surface area contributed by atoms with E-state index in [0.29, 0.717) is 36.4 Å². The number of unbranched alkanes of at least 4 members (excludes halogenated alkanes) is 1. The Balaban J connectivity index is 1.34. The maximum absolute atomic E-state index is 14.4. The Morgan fingerprint density at radius 2 is 1.58 bits per heavy atom. The zero-order valence-electron chi connectivity index (χ0n) is 30.9. The van der Waals surface area contributed by atoms with E-state index >= 15 is 0 Å². The van der Waals surface area contributed by atoms with Gasteiger partial charge in [0, 0.05) is 39.3 Å². The zero-order chi connectivity index (χ0) is 39.3. The molecule has 1 aliphatic heterocycles. The third-order valence-corrected chi connectivity index (χ3v) is 12.2. The first-order valence-electron chi connectivity index (χ1n) is 18.4. The molecule has 0 spiro atoms. The fourth-order valence-electron chi connectivity index (χ4n) is 6.28. The Morgan fingerprint density at radius 3 is 2.22 bits per heavy atom. The Labute approximate surface area is 322 Å². The largest absolute Gasteiger partial charge is 0.512 e. The number of amides is 2. The molecule has 2 atom stereocenters. The van der Waals surface area contributed by atoms with Gasteiger partial charge in [0.2, 0.25) is 21.8 Å². The molecule has 0 aromatic heterocycles. The summed E-state index contributed by atoms with van der Waals surface area (Å²) in [5, 5.41) is 15.1. The number of nitrogens with one attached hydrogen (secondary N) is 4. The normalized spacial score (nSPS) is 15.2. The number of nitrogens with zero attached hydrogens (tertiary/aromatic N) is 2. The number of sulfonamides is 1. The standard InChI is InChI=1S/C39H50N7O7PS/c1-2-3-23-45(25-22-43-54(49,52-33-16-6-4-7-17-33)53-34-18-8-5-9-19-34)38(48)36(27-37(47)42-28-30-13-12-24-46(29-30)39(40)41)44-55(50,51)35-21-20-31-14-10-11-15-32(31)26-35/h4-11,14-21,26,30,36,44H,2-3,12-13,22-25,27-29H2,1H3,(H3,40,41)(H,42,47)(H,43,49)/t30-,36-/m0/s1. The molecule has 55 heavy (non-hydrogen) atoms. The van der Waals surface area contributed by atoms with Crippen LogP contribution in [-0.4, -0.2) is 81.3 Å². The van der Waals surface area contributed by atoms with Gasteiger partial charge in [-0.2, -0.15) is 9.81 Å². The first-order valence-corrected chi connectivity index (χ1v) is 21.5. The summed E-state index contributed by atoms with van der Waals surface area (Å²) in [6, 6.07) is 27.6. The minimum Gasteiger partial charge on any atom is -0.405 e. The van der Waals surface area contributed by atoms with Crippen molar-refractivity contribution >= 4 is 46.3 Å². The SMILES string of the molecule is CCCCN(CCNP(=O)(Oc1ccccc1)Oc1ccccc1)C(=O)[C@H](CC(=O)NC[C@@H]1CCCN(C(=N)N)C1)NS(=O)(=O)c1ccc2ccccc2c1. The van der Waals surface area contributed by atoms with Gasteiger partial charge < -0.3 is 29.9 Å². The zero-order valence-corrected chi connectivity index (χ0v) is 32.6. The molecule has 0 radical (unpaired) electrons. The van der Waals surface area contributed by atoms with Crippen LogP contribution < -0.4 is 29.9 Å². The van der Waals surface area contributed by atoms with Crippen LogP contribution >= 0.6 is 7.75 Å². The molecule has 0 aliphatic carbocycles. The van der Waals surface area contributed by atoms with E-state index in [-0.39, 0.29) is 43.0 Å². The molecule has 6 N–H and O–H groups in total. The third kappa shape index (κ3) is 12.3. The molecule has 0 unspecified atom stereocenters. The van der Waals surface area contributed by atoms with Crippen LogP contribution in [0.2, 0.25) is 0 Å². The molecule has 16 heteroatoms. The van der Waals surface area contributed by atoms with Crippen molar-refractivity contribution in [3.05, 3.63) is 103 Å². The summed E-state index contributed by atoms with van der Waals surface area (Å²) in [6.07, 6.45) is 2.50. The van der Waals surface area contributed by atoms with Crippen LogP contribution in [0.3, 0.4) is 0 Å². The van der Waals surface area contributed by atoms with Crippen LogP contribution in [0.1, 0.15) is 39.0 Å². The van der Waals surface area contributed by atoms with E-state index in [4.69, 9.17) is 20.2 Å². The molecule has 4 aromatic carbocycles. The lowest BCUT2D eigenvalue weighted by molar-refractivity contribution is -0.135. The topological polar surface area (TPSA) is 196 Å². The quantitative estimate of drug-likeness (QED) is 0.0485. The molecule has 1 fully saturated rings. The van der Waals surface area contributed by atoms with E-state index in [2.05, 4.69) is 15.1 Å². The maximum atomic E-state index is 14.4. The second kappa shape index (κ2) is 19.6.